The number of rotatable bonds is 4. The zero-order valence-corrected chi connectivity index (χ0v) is 11.5. The summed E-state index contributed by atoms with van der Waals surface area (Å²) in [5.41, 5.74) is 2.35. The van der Waals surface area contributed by atoms with Crippen molar-refractivity contribution in [1.29, 1.82) is 0 Å². The predicted octanol–water partition coefficient (Wildman–Crippen LogP) is 2.75. The van der Waals surface area contributed by atoms with Gasteiger partial charge in [-0.05, 0) is 34.5 Å². The summed E-state index contributed by atoms with van der Waals surface area (Å²) in [7, 11) is 1.94. The van der Waals surface area contributed by atoms with E-state index in [2.05, 4.69) is 38.3 Å². The van der Waals surface area contributed by atoms with Gasteiger partial charge in [-0.15, -0.1) is 0 Å². The number of hydrogen-bond donors (Lipinski definition) is 1. The first-order chi connectivity index (χ1) is 8.19. The third-order valence-electron chi connectivity index (χ3n) is 2.50. The zero-order valence-electron chi connectivity index (χ0n) is 9.94. The Morgan fingerprint density at radius 2 is 2.24 bits per heavy atom. The summed E-state index contributed by atoms with van der Waals surface area (Å²) in [6.45, 7) is 2.86. The molecule has 0 aliphatic heterocycles. The second-order valence-electron chi connectivity index (χ2n) is 3.83. The number of anilines is 1. The minimum absolute atomic E-state index is 0.750. The van der Waals surface area contributed by atoms with Gasteiger partial charge in [0.25, 0.3) is 0 Å². The highest BCUT2D eigenvalue weighted by Gasteiger charge is 2.05. The van der Waals surface area contributed by atoms with Crippen LogP contribution in [0.3, 0.4) is 0 Å². The molecule has 4 nitrogen and oxygen atoms in total. The number of nitrogens with zero attached hydrogens (tertiary/aromatic N) is 3. The van der Waals surface area contributed by atoms with Crippen molar-refractivity contribution < 1.29 is 0 Å². The third-order valence-corrected chi connectivity index (χ3v) is 2.94. The lowest BCUT2D eigenvalue weighted by Crippen LogP contribution is -2.02. The van der Waals surface area contributed by atoms with Gasteiger partial charge in [-0.1, -0.05) is 13.0 Å². The van der Waals surface area contributed by atoms with Crippen molar-refractivity contribution in [3.05, 3.63) is 40.3 Å². The fourth-order valence-electron chi connectivity index (χ4n) is 1.72. The molecule has 0 atom stereocenters. The Bertz CT molecular complexity index is 507. The second-order valence-corrected chi connectivity index (χ2v) is 4.64. The molecule has 5 heteroatoms. The first-order valence-electron chi connectivity index (χ1n) is 5.57. The van der Waals surface area contributed by atoms with Gasteiger partial charge in [-0.25, -0.2) is 4.98 Å². The van der Waals surface area contributed by atoms with E-state index < -0.39 is 0 Å². The minimum atomic E-state index is 0.750. The fourth-order valence-corrected chi connectivity index (χ4v) is 2.07. The van der Waals surface area contributed by atoms with Crippen molar-refractivity contribution in [2.45, 2.75) is 19.9 Å². The Morgan fingerprint density at radius 3 is 2.94 bits per heavy atom. The van der Waals surface area contributed by atoms with Gasteiger partial charge in [-0.2, -0.15) is 5.10 Å². The van der Waals surface area contributed by atoms with E-state index in [-0.39, 0.29) is 0 Å². The lowest BCUT2D eigenvalue weighted by Gasteiger charge is -2.05. The largest absolute Gasteiger partial charge is 0.366 e. The Hall–Kier alpha value is -1.36. The molecular formula is C12H15BrN4. The van der Waals surface area contributed by atoms with Gasteiger partial charge in [0.2, 0.25) is 0 Å². The molecule has 2 heterocycles. The molecule has 0 saturated carbocycles. The predicted molar refractivity (Wildman–Crippen MR) is 71.8 cm³/mol. The van der Waals surface area contributed by atoms with Crippen LogP contribution in [0.4, 0.5) is 5.82 Å². The topological polar surface area (TPSA) is 42.7 Å². The molecule has 0 aliphatic rings. The average Bonchev–Trinajstić information content (AvgIpc) is 2.67. The molecule has 17 heavy (non-hydrogen) atoms. The molecular weight excluding hydrogens is 280 g/mol. The van der Waals surface area contributed by atoms with Crippen LogP contribution < -0.4 is 5.32 Å². The zero-order chi connectivity index (χ0) is 12.3. The quantitative estimate of drug-likeness (QED) is 0.882. The monoisotopic (exact) mass is 294 g/mol. The van der Waals surface area contributed by atoms with Crippen LogP contribution in [0.15, 0.2) is 29.0 Å². The van der Waals surface area contributed by atoms with Crippen molar-refractivity contribution in [2.75, 3.05) is 5.32 Å². The maximum atomic E-state index is 4.41. The van der Waals surface area contributed by atoms with Crippen LogP contribution in [0.2, 0.25) is 0 Å². The summed E-state index contributed by atoms with van der Waals surface area (Å²) in [6.07, 6.45) is 2.99. The van der Waals surface area contributed by atoms with Crippen LogP contribution in [-0.4, -0.2) is 14.8 Å². The Kier molecular flexibility index (Phi) is 3.78. The van der Waals surface area contributed by atoms with Gasteiger partial charge in [0, 0.05) is 25.4 Å². The number of pyridine rings is 1. The second kappa shape index (κ2) is 5.31. The number of nitrogens with one attached hydrogen (secondary N) is 1. The van der Waals surface area contributed by atoms with Crippen LogP contribution in [0.5, 0.6) is 0 Å². The minimum Gasteiger partial charge on any atom is -0.366 e. The van der Waals surface area contributed by atoms with E-state index >= 15 is 0 Å². The molecule has 0 aliphatic carbocycles. The van der Waals surface area contributed by atoms with Crippen LogP contribution in [0.25, 0.3) is 0 Å². The number of aryl methyl sites for hydroxylation is 2. The smallest absolute Gasteiger partial charge is 0.127 e. The maximum Gasteiger partial charge on any atom is 0.127 e. The van der Waals surface area contributed by atoms with Crippen molar-refractivity contribution in [1.82, 2.24) is 14.8 Å². The molecule has 1 N–H and O–H groups in total. The SMILES string of the molecule is CCc1nn(C)cc1CNc1cccc(Br)n1. The third kappa shape index (κ3) is 3.06. The average molecular weight is 295 g/mol. The summed E-state index contributed by atoms with van der Waals surface area (Å²) >= 11 is 3.35. The van der Waals surface area contributed by atoms with Gasteiger partial charge < -0.3 is 5.32 Å². The Labute approximate surface area is 109 Å². The molecule has 0 amide bonds. The maximum absolute atomic E-state index is 4.41. The van der Waals surface area contributed by atoms with E-state index in [4.69, 9.17) is 0 Å². The van der Waals surface area contributed by atoms with Gasteiger partial charge in [0.1, 0.15) is 10.4 Å². The summed E-state index contributed by atoms with van der Waals surface area (Å²) in [6, 6.07) is 5.82. The van der Waals surface area contributed by atoms with Gasteiger partial charge in [-0.3, -0.25) is 4.68 Å². The van der Waals surface area contributed by atoms with E-state index in [1.54, 1.807) is 0 Å². The van der Waals surface area contributed by atoms with E-state index in [1.165, 1.54) is 5.56 Å². The molecule has 2 aromatic heterocycles. The number of halogens is 1. The molecule has 0 aromatic carbocycles. The van der Waals surface area contributed by atoms with Gasteiger partial charge >= 0.3 is 0 Å². The molecule has 0 saturated heterocycles. The first kappa shape index (κ1) is 12.1. The highest BCUT2D eigenvalue weighted by molar-refractivity contribution is 9.10. The van der Waals surface area contributed by atoms with Crippen LogP contribution in [0, 0.1) is 0 Å². The molecule has 0 unspecified atom stereocenters. The molecule has 0 spiro atoms. The van der Waals surface area contributed by atoms with Gasteiger partial charge in [0.05, 0.1) is 5.69 Å². The highest BCUT2D eigenvalue weighted by Crippen LogP contribution is 2.13. The lowest BCUT2D eigenvalue weighted by atomic mass is 10.2. The van der Waals surface area contributed by atoms with Gasteiger partial charge in [0.15, 0.2) is 0 Å². The van der Waals surface area contributed by atoms with E-state index in [0.717, 1.165) is 29.1 Å². The first-order valence-corrected chi connectivity index (χ1v) is 6.36. The number of aromatic nitrogens is 3. The Balaban J connectivity index is 2.06. The molecule has 0 radical (unpaired) electrons. The Morgan fingerprint density at radius 1 is 1.41 bits per heavy atom. The van der Waals surface area contributed by atoms with Crippen LogP contribution in [0.1, 0.15) is 18.2 Å². The summed E-state index contributed by atoms with van der Waals surface area (Å²) in [4.78, 5) is 4.33. The van der Waals surface area contributed by atoms with Crippen molar-refractivity contribution >= 4 is 21.7 Å². The standard InChI is InChI=1S/C12H15BrN4/c1-3-10-9(8-17(2)16-10)7-14-12-6-4-5-11(13)15-12/h4-6,8H,3,7H2,1-2H3,(H,14,15). The normalized spacial score (nSPS) is 10.5. The highest BCUT2D eigenvalue weighted by atomic mass is 79.9. The van der Waals surface area contributed by atoms with E-state index in [9.17, 15) is 0 Å². The van der Waals surface area contributed by atoms with E-state index in [0.29, 0.717) is 0 Å². The lowest BCUT2D eigenvalue weighted by molar-refractivity contribution is 0.746. The van der Waals surface area contributed by atoms with E-state index in [1.807, 2.05) is 36.1 Å². The number of hydrogen-bond acceptors (Lipinski definition) is 3. The van der Waals surface area contributed by atoms with Crippen LogP contribution in [-0.2, 0) is 20.0 Å². The summed E-state index contributed by atoms with van der Waals surface area (Å²) in [5.74, 6) is 0.866. The van der Waals surface area contributed by atoms with Crippen LogP contribution >= 0.6 is 15.9 Å². The fraction of sp³-hybridized carbons (Fsp3) is 0.333. The summed E-state index contributed by atoms with van der Waals surface area (Å²) < 4.78 is 2.69. The van der Waals surface area contributed by atoms with Crippen molar-refractivity contribution in [2.24, 2.45) is 7.05 Å². The molecule has 90 valence electrons. The van der Waals surface area contributed by atoms with Crippen molar-refractivity contribution in [3.8, 4) is 0 Å². The molecule has 0 bridgehead atoms. The molecule has 2 aromatic rings. The van der Waals surface area contributed by atoms with Crippen molar-refractivity contribution in [3.63, 3.8) is 0 Å². The molecule has 0 fully saturated rings. The summed E-state index contributed by atoms with van der Waals surface area (Å²) in [5, 5.41) is 7.70. The molecule has 2 rings (SSSR count).